The van der Waals surface area contributed by atoms with E-state index in [2.05, 4.69) is 20.8 Å². The SMILES string of the molecule is COc1cc(C(=S)N2CCCCC2)ccc1OCc1ccc(Br)cc1. The Bertz CT molecular complexity index is 727. The van der Waals surface area contributed by atoms with Gasteiger partial charge in [0.1, 0.15) is 11.6 Å². The molecule has 0 saturated carbocycles. The standard InChI is InChI=1S/C20H22BrNO2S/c1-23-19-13-16(20(25)22-11-3-2-4-12-22)7-10-18(19)24-14-15-5-8-17(21)9-6-15/h5-10,13H,2-4,11-12,14H2,1H3. The minimum absolute atomic E-state index is 0.500. The summed E-state index contributed by atoms with van der Waals surface area (Å²) in [5.41, 5.74) is 2.13. The molecule has 3 rings (SSSR count). The van der Waals surface area contributed by atoms with Gasteiger partial charge in [0.05, 0.1) is 7.11 Å². The molecule has 0 radical (unpaired) electrons. The first-order valence-electron chi connectivity index (χ1n) is 8.52. The van der Waals surface area contributed by atoms with Crippen molar-refractivity contribution in [1.29, 1.82) is 0 Å². The van der Waals surface area contributed by atoms with Gasteiger partial charge in [0, 0.05) is 23.1 Å². The first-order valence-corrected chi connectivity index (χ1v) is 9.72. The van der Waals surface area contributed by atoms with Crippen molar-refractivity contribution in [2.45, 2.75) is 25.9 Å². The zero-order valence-corrected chi connectivity index (χ0v) is 16.7. The third-order valence-corrected chi connectivity index (χ3v) is 5.38. The number of piperidine rings is 1. The van der Waals surface area contributed by atoms with E-state index in [9.17, 15) is 0 Å². The maximum absolute atomic E-state index is 5.94. The van der Waals surface area contributed by atoms with E-state index in [1.165, 1.54) is 19.3 Å². The van der Waals surface area contributed by atoms with Crippen LogP contribution in [0.15, 0.2) is 46.9 Å². The average Bonchev–Trinajstić information content (AvgIpc) is 2.67. The van der Waals surface area contributed by atoms with Crippen molar-refractivity contribution in [1.82, 2.24) is 4.90 Å². The van der Waals surface area contributed by atoms with Gasteiger partial charge in [0.25, 0.3) is 0 Å². The van der Waals surface area contributed by atoms with E-state index in [0.29, 0.717) is 12.4 Å². The molecule has 0 bridgehead atoms. The lowest BCUT2D eigenvalue weighted by Gasteiger charge is -2.29. The highest BCUT2D eigenvalue weighted by atomic mass is 79.9. The summed E-state index contributed by atoms with van der Waals surface area (Å²) in [5.74, 6) is 1.45. The van der Waals surface area contributed by atoms with Crippen LogP contribution in [0.25, 0.3) is 0 Å². The topological polar surface area (TPSA) is 21.7 Å². The van der Waals surface area contributed by atoms with Crippen molar-refractivity contribution in [3.63, 3.8) is 0 Å². The van der Waals surface area contributed by atoms with Crippen LogP contribution >= 0.6 is 28.1 Å². The molecule has 0 amide bonds. The van der Waals surface area contributed by atoms with Crippen LogP contribution in [0, 0.1) is 0 Å². The first kappa shape index (κ1) is 18.2. The van der Waals surface area contributed by atoms with Gasteiger partial charge in [-0.25, -0.2) is 0 Å². The largest absolute Gasteiger partial charge is 0.493 e. The molecule has 5 heteroatoms. The van der Waals surface area contributed by atoms with Crippen molar-refractivity contribution in [3.05, 3.63) is 58.1 Å². The number of hydrogen-bond acceptors (Lipinski definition) is 3. The van der Waals surface area contributed by atoms with Gasteiger partial charge in [-0.3, -0.25) is 0 Å². The number of halogens is 1. The molecular formula is C20H22BrNO2S. The Morgan fingerprint density at radius 3 is 2.44 bits per heavy atom. The van der Waals surface area contributed by atoms with Crippen molar-refractivity contribution in [2.75, 3.05) is 20.2 Å². The molecule has 0 atom stereocenters. The quantitative estimate of drug-likeness (QED) is 0.620. The van der Waals surface area contributed by atoms with Gasteiger partial charge in [-0.15, -0.1) is 0 Å². The normalized spacial score (nSPS) is 14.2. The van der Waals surface area contributed by atoms with Crippen LogP contribution in [0.5, 0.6) is 11.5 Å². The monoisotopic (exact) mass is 419 g/mol. The van der Waals surface area contributed by atoms with E-state index in [1.54, 1.807) is 7.11 Å². The number of ether oxygens (including phenoxy) is 2. The van der Waals surface area contributed by atoms with E-state index < -0.39 is 0 Å². The molecule has 1 heterocycles. The minimum atomic E-state index is 0.500. The fraction of sp³-hybridized carbons (Fsp3) is 0.350. The fourth-order valence-electron chi connectivity index (χ4n) is 2.94. The number of hydrogen-bond donors (Lipinski definition) is 0. The highest BCUT2D eigenvalue weighted by Gasteiger charge is 2.16. The highest BCUT2D eigenvalue weighted by Crippen LogP contribution is 2.30. The zero-order valence-electron chi connectivity index (χ0n) is 14.3. The highest BCUT2D eigenvalue weighted by molar-refractivity contribution is 9.10. The Hall–Kier alpha value is -1.59. The van der Waals surface area contributed by atoms with Crippen LogP contribution in [0.3, 0.4) is 0 Å². The van der Waals surface area contributed by atoms with Gasteiger partial charge in [-0.2, -0.15) is 0 Å². The third kappa shape index (κ3) is 4.73. The second-order valence-electron chi connectivity index (χ2n) is 6.13. The van der Waals surface area contributed by atoms with Gasteiger partial charge in [-0.05, 0) is 55.2 Å². The van der Waals surface area contributed by atoms with Crippen LogP contribution < -0.4 is 9.47 Å². The number of nitrogens with zero attached hydrogens (tertiary/aromatic N) is 1. The molecular weight excluding hydrogens is 398 g/mol. The molecule has 1 saturated heterocycles. The zero-order chi connectivity index (χ0) is 17.6. The summed E-state index contributed by atoms with van der Waals surface area (Å²) in [4.78, 5) is 3.19. The Morgan fingerprint density at radius 2 is 1.76 bits per heavy atom. The van der Waals surface area contributed by atoms with Crippen molar-refractivity contribution in [2.24, 2.45) is 0 Å². The van der Waals surface area contributed by atoms with Crippen LogP contribution in [0.1, 0.15) is 30.4 Å². The fourth-order valence-corrected chi connectivity index (χ4v) is 3.52. The summed E-state index contributed by atoms with van der Waals surface area (Å²) in [5, 5.41) is 0. The number of thiocarbonyl (C=S) groups is 1. The second kappa shape index (κ2) is 8.68. The molecule has 1 aliphatic rings. The second-order valence-corrected chi connectivity index (χ2v) is 7.44. The van der Waals surface area contributed by atoms with Gasteiger partial charge in [0.15, 0.2) is 11.5 Å². The number of benzene rings is 2. The molecule has 132 valence electrons. The molecule has 1 fully saturated rings. The molecule has 0 N–H and O–H groups in total. The molecule has 0 unspecified atom stereocenters. The smallest absolute Gasteiger partial charge is 0.161 e. The van der Waals surface area contributed by atoms with Crippen LogP contribution in [0.2, 0.25) is 0 Å². The molecule has 25 heavy (non-hydrogen) atoms. The van der Waals surface area contributed by atoms with E-state index in [-0.39, 0.29) is 0 Å². The summed E-state index contributed by atoms with van der Waals surface area (Å²) < 4.78 is 12.5. The van der Waals surface area contributed by atoms with Crippen molar-refractivity contribution >= 4 is 33.1 Å². The molecule has 2 aromatic carbocycles. The molecule has 1 aliphatic heterocycles. The van der Waals surface area contributed by atoms with Crippen LogP contribution in [-0.2, 0) is 6.61 Å². The number of rotatable bonds is 5. The summed E-state index contributed by atoms with van der Waals surface area (Å²) in [6.45, 7) is 2.59. The predicted molar refractivity (Wildman–Crippen MR) is 109 cm³/mol. The lowest BCUT2D eigenvalue weighted by Crippen LogP contribution is -2.34. The third-order valence-electron chi connectivity index (χ3n) is 4.36. The molecule has 3 nitrogen and oxygen atoms in total. The van der Waals surface area contributed by atoms with Crippen LogP contribution in [0.4, 0.5) is 0 Å². The molecule has 0 aromatic heterocycles. The van der Waals surface area contributed by atoms with Gasteiger partial charge < -0.3 is 14.4 Å². The van der Waals surface area contributed by atoms with Crippen molar-refractivity contribution in [3.8, 4) is 11.5 Å². The lowest BCUT2D eigenvalue weighted by molar-refractivity contribution is 0.284. The number of likely N-dealkylation sites (tertiary alicyclic amines) is 1. The van der Waals surface area contributed by atoms with Gasteiger partial charge >= 0.3 is 0 Å². The summed E-state index contributed by atoms with van der Waals surface area (Å²) in [6.07, 6.45) is 3.72. The Balaban J connectivity index is 1.70. The maximum atomic E-state index is 5.94. The summed E-state index contributed by atoms with van der Waals surface area (Å²) in [7, 11) is 1.66. The van der Waals surface area contributed by atoms with Crippen LogP contribution in [-0.4, -0.2) is 30.1 Å². The van der Waals surface area contributed by atoms with Gasteiger partial charge in [-0.1, -0.05) is 40.3 Å². The van der Waals surface area contributed by atoms with E-state index in [4.69, 9.17) is 21.7 Å². The summed E-state index contributed by atoms with van der Waals surface area (Å²) >= 11 is 9.11. The Labute approximate surface area is 163 Å². The minimum Gasteiger partial charge on any atom is -0.493 e. The molecule has 2 aromatic rings. The molecule has 0 aliphatic carbocycles. The van der Waals surface area contributed by atoms with E-state index >= 15 is 0 Å². The maximum Gasteiger partial charge on any atom is 0.161 e. The predicted octanol–water partition coefficient (Wildman–Crippen LogP) is 5.20. The van der Waals surface area contributed by atoms with E-state index in [0.717, 1.165) is 39.4 Å². The van der Waals surface area contributed by atoms with Crippen molar-refractivity contribution < 1.29 is 9.47 Å². The number of methoxy groups -OCH3 is 1. The lowest BCUT2D eigenvalue weighted by atomic mass is 10.1. The van der Waals surface area contributed by atoms with E-state index in [1.807, 2.05) is 42.5 Å². The molecule has 0 spiro atoms. The van der Waals surface area contributed by atoms with Gasteiger partial charge in [0.2, 0.25) is 0 Å². The Kier molecular flexibility index (Phi) is 6.32. The summed E-state index contributed by atoms with van der Waals surface area (Å²) in [6, 6.07) is 14.0. The first-order chi connectivity index (χ1) is 12.2. The Morgan fingerprint density at radius 1 is 1.04 bits per heavy atom. The average molecular weight is 420 g/mol.